The summed E-state index contributed by atoms with van der Waals surface area (Å²) >= 11 is 0. The number of hydrogen-bond donors (Lipinski definition) is 1. The molecule has 0 radical (unpaired) electrons. The number of halogens is 1. The van der Waals surface area contributed by atoms with E-state index < -0.39 is 0 Å². The van der Waals surface area contributed by atoms with Crippen molar-refractivity contribution >= 4 is 24.1 Å². The number of likely N-dealkylation sites (tertiary alicyclic amines) is 1. The van der Waals surface area contributed by atoms with Crippen molar-refractivity contribution in [2.75, 3.05) is 13.1 Å². The van der Waals surface area contributed by atoms with Gasteiger partial charge in [-0.25, -0.2) is 0 Å². The Bertz CT molecular complexity index is 551. The first-order valence-electron chi connectivity index (χ1n) is 6.94. The van der Waals surface area contributed by atoms with Gasteiger partial charge >= 0.3 is 0 Å². The molecule has 2 N–H and O–H groups in total. The minimum absolute atomic E-state index is 0. The summed E-state index contributed by atoms with van der Waals surface area (Å²) < 4.78 is 1.72. The Morgan fingerprint density at radius 3 is 2.48 bits per heavy atom. The van der Waals surface area contributed by atoms with Crippen LogP contribution in [0.25, 0.3) is 0 Å². The second-order valence-corrected chi connectivity index (χ2v) is 6.39. The van der Waals surface area contributed by atoms with Gasteiger partial charge in [-0.05, 0) is 24.8 Å². The first kappa shape index (κ1) is 17.7. The molecule has 118 valence electrons. The van der Waals surface area contributed by atoms with Crippen LogP contribution in [-0.4, -0.2) is 40.3 Å². The van der Waals surface area contributed by atoms with Crippen molar-refractivity contribution in [2.24, 2.45) is 18.2 Å². The van der Waals surface area contributed by atoms with E-state index >= 15 is 0 Å². The minimum atomic E-state index is -0.0809. The van der Waals surface area contributed by atoms with Crippen LogP contribution in [0.15, 0.2) is 12.3 Å². The third-order valence-electron chi connectivity index (χ3n) is 4.23. The molecule has 1 unspecified atom stereocenters. The molecular formula is C15H24ClN3O2. The van der Waals surface area contributed by atoms with E-state index in [-0.39, 0.29) is 35.6 Å². The Kier molecular flexibility index (Phi) is 5.23. The Balaban J connectivity index is 0.00000220. The monoisotopic (exact) mass is 313 g/mol. The molecule has 2 heterocycles. The normalized spacial score (nSPS) is 20.8. The molecule has 2 rings (SSSR count). The summed E-state index contributed by atoms with van der Waals surface area (Å²) in [6.07, 6.45) is 2.51. The minimum Gasteiger partial charge on any atom is -0.346 e. The summed E-state index contributed by atoms with van der Waals surface area (Å²) in [5, 5.41) is 0. The molecule has 1 fully saturated rings. The summed E-state index contributed by atoms with van der Waals surface area (Å²) in [6, 6.07) is 1.79. The van der Waals surface area contributed by atoms with E-state index in [1.807, 2.05) is 4.90 Å². The highest BCUT2D eigenvalue weighted by atomic mass is 35.5. The number of nitrogens with two attached hydrogens (primary N) is 1. The quantitative estimate of drug-likeness (QED) is 0.847. The van der Waals surface area contributed by atoms with Gasteiger partial charge in [-0.15, -0.1) is 12.4 Å². The van der Waals surface area contributed by atoms with Gasteiger partial charge in [-0.3, -0.25) is 9.59 Å². The third-order valence-corrected chi connectivity index (χ3v) is 4.23. The number of piperidine rings is 1. The fourth-order valence-corrected chi connectivity index (χ4v) is 2.68. The number of nitrogens with zero attached hydrogens (tertiary/aromatic N) is 2. The van der Waals surface area contributed by atoms with Gasteiger partial charge < -0.3 is 15.2 Å². The van der Waals surface area contributed by atoms with Gasteiger partial charge in [0.05, 0.1) is 0 Å². The van der Waals surface area contributed by atoms with Crippen LogP contribution in [0.2, 0.25) is 0 Å². The lowest BCUT2D eigenvalue weighted by molar-refractivity contribution is 0.0524. The highest BCUT2D eigenvalue weighted by Crippen LogP contribution is 2.28. The van der Waals surface area contributed by atoms with Crippen LogP contribution in [0.4, 0.5) is 0 Å². The predicted molar refractivity (Wildman–Crippen MR) is 84.9 cm³/mol. The number of rotatable bonds is 2. The summed E-state index contributed by atoms with van der Waals surface area (Å²) in [6.45, 7) is 7.00. The molecule has 1 aliphatic rings. The topological polar surface area (TPSA) is 68.3 Å². The fourth-order valence-electron chi connectivity index (χ4n) is 2.68. The van der Waals surface area contributed by atoms with E-state index in [0.29, 0.717) is 24.3 Å². The van der Waals surface area contributed by atoms with Gasteiger partial charge in [0, 0.05) is 37.9 Å². The lowest BCUT2D eigenvalue weighted by Crippen LogP contribution is -2.54. The van der Waals surface area contributed by atoms with Crippen molar-refractivity contribution < 1.29 is 9.59 Å². The van der Waals surface area contributed by atoms with E-state index in [4.69, 9.17) is 5.73 Å². The molecule has 1 saturated heterocycles. The Hall–Kier alpha value is -1.33. The smallest absolute Gasteiger partial charge is 0.270 e. The standard InChI is InChI=1S/C15H23N3O2.ClH/c1-10(19)11-7-12(17(4)8-11)14(20)18-6-5-13(16)15(2,3)9-18;/h7-8,13H,5-6,9,16H2,1-4H3;1H. The van der Waals surface area contributed by atoms with E-state index in [0.717, 1.165) is 6.42 Å². The van der Waals surface area contributed by atoms with Crippen LogP contribution in [0.5, 0.6) is 0 Å². The van der Waals surface area contributed by atoms with Crippen molar-refractivity contribution in [3.05, 3.63) is 23.5 Å². The molecule has 1 atom stereocenters. The SMILES string of the molecule is CC(=O)c1cc(C(=O)N2CCC(N)C(C)(C)C2)n(C)c1.Cl. The van der Waals surface area contributed by atoms with Crippen LogP contribution < -0.4 is 5.73 Å². The van der Waals surface area contributed by atoms with E-state index in [1.165, 1.54) is 6.92 Å². The molecular weight excluding hydrogens is 290 g/mol. The van der Waals surface area contributed by atoms with Crippen LogP contribution in [0, 0.1) is 5.41 Å². The van der Waals surface area contributed by atoms with Gasteiger partial charge in [-0.2, -0.15) is 0 Å². The zero-order valence-electron chi connectivity index (χ0n) is 13.0. The predicted octanol–water partition coefficient (Wildman–Crippen LogP) is 1.85. The first-order valence-corrected chi connectivity index (χ1v) is 6.94. The Labute approximate surface area is 131 Å². The van der Waals surface area contributed by atoms with Crippen molar-refractivity contribution in [3.8, 4) is 0 Å². The number of ketones is 1. The maximum atomic E-state index is 12.6. The average molecular weight is 314 g/mol. The third kappa shape index (κ3) is 3.47. The number of amides is 1. The number of aromatic nitrogens is 1. The zero-order chi connectivity index (χ0) is 15.1. The van der Waals surface area contributed by atoms with E-state index in [1.54, 1.807) is 23.9 Å². The van der Waals surface area contributed by atoms with Gasteiger partial charge in [0.25, 0.3) is 5.91 Å². The van der Waals surface area contributed by atoms with Crippen LogP contribution in [0.1, 0.15) is 48.0 Å². The van der Waals surface area contributed by atoms with Crippen LogP contribution in [0.3, 0.4) is 0 Å². The van der Waals surface area contributed by atoms with Gasteiger partial charge in [-0.1, -0.05) is 13.8 Å². The molecule has 6 heteroatoms. The number of Topliss-reactive ketones (excluding diaryl/α,β-unsaturated/α-hetero) is 1. The first-order chi connectivity index (χ1) is 9.22. The fraction of sp³-hybridized carbons (Fsp3) is 0.600. The molecule has 1 amide bonds. The Morgan fingerprint density at radius 1 is 1.38 bits per heavy atom. The van der Waals surface area contributed by atoms with E-state index in [2.05, 4.69) is 13.8 Å². The highest BCUT2D eigenvalue weighted by molar-refractivity contribution is 5.99. The summed E-state index contributed by atoms with van der Waals surface area (Å²) in [4.78, 5) is 25.8. The second kappa shape index (κ2) is 6.20. The Morgan fingerprint density at radius 2 is 2.00 bits per heavy atom. The lowest BCUT2D eigenvalue weighted by atomic mass is 9.79. The number of carbonyl (C=O) groups excluding carboxylic acids is 2. The van der Waals surface area contributed by atoms with Gasteiger partial charge in [0.2, 0.25) is 0 Å². The largest absolute Gasteiger partial charge is 0.346 e. The molecule has 1 aromatic heterocycles. The maximum absolute atomic E-state index is 12.6. The van der Waals surface area contributed by atoms with Crippen molar-refractivity contribution in [2.45, 2.75) is 33.2 Å². The van der Waals surface area contributed by atoms with Crippen molar-refractivity contribution in [3.63, 3.8) is 0 Å². The highest BCUT2D eigenvalue weighted by Gasteiger charge is 2.36. The molecule has 0 aromatic carbocycles. The van der Waals surface area contributed by atoms with Gasteiger partial charge in [0.15, 0.2) is 5.78 Å². The molecule has 5 nitrogen and oxygen atoms in total. The number of carbonyl (C=O) groups is 2. The second-order valence-electron chi connectivity index (χ2n) is 6.39. The summed E-state index contributed by atoms with van der Waals surface area (Å²) in [5.41, 5.74) is 7.15. The molecule has 0 spiro atoms. The van der Waals surface area contributed by atoms with Crippen LogP contribution >= 0.6 is 12.4 Å². The lowest BCUT2D eigenvalue weighted by Gasteiger charge is -2.42. The van der Waals surface area contributed by atoms with Crippen LogP contribution in [-0.2, 0) is 7.05 Å². The molecule has 0 aliphatic carbocycles. The molecule has 1 aliphatic heterocycles. The number of aryl methyl sites for hydroxylation is 1. The molecule has 0 bridgehead atoms. The maximum Gasteiger partial charge on any atom is 0.270 e. The van der Waals surface area contributed by atoms with E-state index in [9.17, 15) is 9.59 Å². The van der Waals surface area contributed by atoms with Gasteiger partial charge in [0.1, 0.15) is 5.69 Å². The van der Waals surface area contributed by atoms with Crippen molar-refractivity contribution in [1.29, 1.82) is 0 Å². The molecule has 1 aromatic rings. The molecule has 0 saturated carbocycles. The zero-order valence-corrected chi connectivity index (χ0v) is 13.9. The number of hydrogen-bond acceptors (Lipinski definition) is 3. The van der Waals surface area contributed by atoms with Crippen molar-refractivity contribution in [1.82, 2.24) is 9.47 Å². The summed E-state index contributed by atoms with van der Waals surface area (Å²) in [5.74, 6) is -0.0550. The average Bonchev–Trinajstić information content (AvgIpc) is 2.74. The summed E-state index contributed by atoms with van der Waals surface area (Å²) in [7, 11) is 1.79. The molecule has 21 heavy (non-hydrogen) atoms.